The molecule has 0 aliphatic heterocycles. The fourth-order valence-corrected chi connectivity index (χ4v) is 2.51. The molecule has 0 bridgehead atoms. The first kappa shape index (κ1) is 16.8. The lowest BCUT2D eigenvalue weighted by atomic mass is 10.2. The first-order valence-electron chi connectivity index (χ1n) is 6.87. The number of hydrogen-bond donors (Lipinski definition) is 3. The molecule has 23 heavy (non-hydrogen) atoms. The Bertz CT molecular complexity index is 670. The molecule has 1 atom stereocenters. The van der Waals surface area contributed by atoms with Crippen LogP contribution in [0.2, 0.25) is 0 Å². The van der Waals surface area contributed by atoms with E-state index in [1.54, 1.807) is 6.92 Å². The number of nitrogens with zero attached hydrogens (tertiary/aromatic N) is 4. The summed E-state index contributed by atoms with van der Waals surface area (Å²) >= 11 is 1.16. The molecular formula is C14H19N7OS. The van der Waals surface area contributed by atoms with Gasteiger partial charge in [-0.2, -0.15) is 15.0 Å². The minimum Gasteiger partial charge on any atom is -0.378 e. The van der Waals surface area contributed by atoms with Gasteiger partial charge in [0.25, 0.3) is 0 Å². The number of nitrogen functional groups attached to an aromatic ring is 2. The highest BCUT2D eigenvalue weighted by atomic mass is 32.2. The number of thioether (sulfide) groups is 1. The lowest BCUT2D eigenvalue weighted by molar-refractivity contribution is -0.115. The molecule has 0 radical (unpaired) electrons. The van der Waals surface area contributed by atoms with Crippen LogP contribution in [0.15, 0.2) is 29.4 Å². The van der Waals surface area contributed by atoms with E-state index >= 15 is 0 Å². The second-order valence-corrected chi connectivity index (χ2v) is 6.33. The Labute approximate surface area is 138 Å². The Morgan fingerprint density at radius 3 is 2.22 bits per heavy atom. The third-order valence-electron chi connectivity index (χ3n) is 2.95. The van der Waals surface area contributed by atoms with Crippen molar-refractivity contribution in [3.8, 4) is 0 Å². The molecule has 1 aromatic carbocycles. The summed E-state index contributed by atoms with van der Waals surface area (Å²) in [6.07, 6.45) is 0. The fourth-order valence-electron chi connectivity index (χ4n) is 1.74. The molecule has 0 saturated carbocycles. The Balaban J connectivity index is 1.99. The lowest BCUT2D eigenvalue weighted by Crippen LogP contribution is -2.23. The van der Waals surface area contributed by atoms with Crippen LogP contribution in [0.1, 0.15) is 6.92 Å². The summed E-state index contributed by atoms with van der Waals surface area (Å²) < 4.78 is 0. The quantitative estimate of drug-likeness (QED) is 0.698. The van der Waals surface area contributed by atoms with Crippen molar-refractivity contribution in [2.75, 3.05) is 35.8 Å². The van der Waals surface area contributed by atoms with E-state index in [9.17, 15) is 4.79 Å². The van der Waals surface area contributed by atoms with Gasteiger partial charge in [0.1, 0.15) is 0 Å². The summed E-state index contributed by atoms with van der Waals surface area (Å²) in [5.74, 6) is -0.0936. The first-order valence-corrected chi connectivity index (χ1v) is 7.75. The van der Waals surface area contributed by atoms with Gasteiger partial charge in [-0.1, -0.05) is 11.8 Å². The SMILES string of the molecule is CC(Sc1nc(N)nc(N)n1)C(=O)Nc1ccc(N(C)C)cc1. The second kappa shape index (κ2) is 7.14. The van der Waals surface area contributed by atoms with Gasteiger partial charge in [0.2, 0.25) is 17.8 Å². The van der Waals surface area contributed by atoms with Crippen LogP contribution >= 0.6 is 11.8 Å². The molecule has 0 fully saturated rings. The van der Waals surface area contributed by atoms with Crippen LogP contribution < -0.4 is 21.7 Å². The highest BCUT2D eigenvalue weighted by Crippen LogP contribution is 2.22. The van der Waals surface area contributed by atoms with E-state index in [4.69, 9.17) is 11.5 Å². The minimum atomic E-state index is -0.412. The number of carbonyl (C=O) groups is 1. The third kappa shape index (κ3) is 4.71. The average molecular weight is 333 g/mol. The number of nitrogens with two attached hydrogens (primary N) is 2. The summed E-state index contributed by atoms with van der Waals surface area (Å²) in [6, 6.07) is 7.56. The van der Waals surface area contributed by atoms with Gasteiger partial charge in [-0.3, -0.25) is 4.79 Å². The van der Waals surface area contributed by atoms with Gasteiger partial charge >= 0.3 is 0 Å². The van der Waals surface area contributed by atoms with Gasteiger partial charge in [-0.15, -0.1) is 0 Å². The number of rotatable bonds is 5. The maximum atomic E-state index is 12.2. The standard InChI is InChI=1S/C14H19N7OS/c1-8(23-14-19-12(15)18-13(16)20-14)11(22)17-9-4-6-10(7-5-9)21(2)3/h4-8H,1-3H3,(H,17,22)(H4,15,16,18,19,20). The van der Waals surface area contributed by atoms with Crippen LogP contribution in [-0.2, 0) is 4.79 Å². The largest absolute Gasteiger partial charge is 0.378 e. The van der Waals surface area contributed by atoms with E-state index in [1.807, 2.05) is 43.3 Å². The fraction of sp³-hybridized carbons (Fsp3) is 0.286. The van der Waals surface area contributed by atoms with E-state index in [1.165, 1.54) is 0 Å². The number of anilines is 4. The molecule has 1 unspecified atom stereocenters. The molecule has 1 heterocycles. The molecule has 0 saturated heterocycles. The van der Waals surface area contributed by atoms with E-state index in [0.29, 0.717) is 5.16 Å². The van der Waals surface area contributed by atoms with Gasteiger partial charge in [-0.25, -0.2) is 0 Å². The van der Waals surface area contributed by atoms with Crippen LogP contribution in [-0.4, -0.2) is 40.2 Å². The van der Waals surface area contributed by atoms with E-state index in [-0.39, 0.29) is 17.8 Å². The van der Waals surface area contributed by atoms with Crippen molar-refractivity contribution in [3.63, 3.8) is 0 Å². The smallest absolute Gasteiger partial charge is 0.237 e. The molecule has 2 aromatic rings. The Hall–Kier alpha value is -2.55. The number of carbonyl (C=O) groups excluding carboxylic acids is 1. The van der Waals surface area contributed by atoms with E-state index in [0.717, 1.165) is 23.1 Å². The molecule has 122 valence electrons. The van der Waals surface area contributed by atoms with Gasteiger partial charge in [0, 0.05) is 25.5 Å². The maximum Gasteiger partial charge on any atom is 0.237 e. The molecule has 1 amide bonds. The van der Waals surface area contributed by atoms with Gasteiger partial charge < -0.3 is 21.7 Å². The monoisotopic (exact) mass is 333 g/mol. The molecule has 8 nitrogen and oxygen atoms in total. The summed E-state index contributed by atoms with van der Waals surface area (Å²) in [5.41, 5.74) is 12.8. The lowest BCUT2D eigenvalue weighted by Gasteiger charge is -2.14. The van der Waals surface area contributed by atoms with Gasteiger partial charge in [-0.05, 0) is 31.2 Å². The van der Waals surface area contributed by atoms with Crippen LogP contribution in [0.3, 0.4) is 0 Å². The van der Waals surface area contributed by atoms with Crippen molar-refractivity contribution < 1.29 is 4.79 Å². The van der Waals surface area contributed by atoms with Crippen molar-refractivity contribution in [2.45, 2.75) is 17.3 Å². The molecule has 9 heteroatoms. The summed E-state index contributed by atoms with van der Waals surface area (Å²) in [7, 11) is 3.91. The number of aromatic nitrogens is 3. The summed E-state index contributed by atoms with van der Waals surface area (Å²) in [5, 5.41) is 2.75. The van der Waals surface area contributed by atoms with Crippen molar-refractivity contribution >= 4 is 40.9 Å². The zero-order valence-electron chi connectivity index (χ0n) is 13.1. The zero-order chi connectivity index (χ0) is 17.0. The zero-order valence-corrected chi connectivity index (χ0v) is 14.0. The van der Waals surface area contributed by atoms with Crippen LogP contribution in [0, 0.1) is 0 Å². The first-order chi connectivity index (χ1) is 10.8. The number of nitrogens with one attached hydrogen (secondary N) is 1. The van der Waals surface area contributed by atoms with Crippen molar-refractivity contribution in [1.82, 2.24) is 15.0 Å². The van der Waals surface area contributed by atoms with Gasteiger partial charge in [0.15, 0.2) is 5.16 Å². The molecule has 0 aliphatic rings. The highest BCUT2D eigenvalue weighted by Gasteiger charge is 2.17. The van der Waals surface area contributed by atoms with E-state index < -0.39 is 5.25 Å². The van der Waals surface area contributed by atoms with E-state index in [2.05, 4.69) is 20.3 Å². The number of hydrogen-bond acceptors (Lipinski definition) is 8. The minimum absolute atomic E-state index is 0.0342. The molecule has 2 rings (SSSR count). The average Bonchev–Trinajstić information content (AvgIpc) is 2.46. The van der Waals surface area contributed by atoms with Crippen molar-refractivity contribution in [1.29, 1.82) is 0 Å². The second-order valence-electron chi connectivity index (χ2n) is 5.03. The molecular weight excluding hydrogens is 314 g/mol. The highest BCUT2D eigenvalue weighted by molar-refractivity contribution is 8.00. The Morgan fingerprint density at radius 1 is 1.13 bits per heavy atom. The van der Waals surface area contributed by atoms with Crippen LogP contribution in [0.5, 0.6) is 0 Å². The Morgan fingerprint density at radius 2 is 1.70 bits per heavy atom. The molecule has 0 aliphatic carbocycles. The summed E-state index contributed by atoms with van der Waals surface area (Å²) in [6.45, 7) is 1.75. The van der Waals surface area contributed by atoms with Crippen LogP contribution in [0.25, 0.3) is 0 Å². The van der Waals surface area contributed by atoms with Crippen molar-refractivity contribution in [3.05, 3.63) is 24.3 Å². The van der Waals surface area contributed by atoms with Crippen LogP contribution in [0.4, 0.5) is 23.3 Å². The summed E-state index contributed by atoms with van der Waals surface area (Å²) in [4.78, 5) is 25.8. The Kier molecular flexibility index (Phi) is 5.22. The molecule has 0 spiro atoms. The third-order valence-corrected chi connectivity index (χ3v) is 3.91. The number of amides is 1. The topological polar surface area (TPSA) is 123 Å². The predicted octanol–water partition coefficient (Wildman–Crippen LogP) is 1.22. The van der Waals surface area contributed by atoms with Gasteiger partial charge in [0.05, 0.1) is 5.25 Å². The maximum absolute atomic E-state index is 12.2. The predicted molar refractivity (Wildman–Crippen MR) is 93.4 cm³/mol. The van der Waals surface area contributed by atoms with Crippen molar-refractivity contribution in [2.24, 2.45) is 0 Å². The number of benzene rings is 1. The molecule has 5 N–H and O–H groups in total. The normalized spacial score (nSPS) is 11.8. The molecule has 1 aromatic heterocycles.